The number of nitriles is 1. The van der Waals surface area contributed by atoms with E-state index in [4.69, 9.17) is 15.0 Å². The van der Waals surface area contributed by atoms with Crippen LogP contribution < -0.4 is 0 Å². The molecule has 0 heterocycles. The van der Waals surface area contributed by atoms with Crippen LogP contribution in [-0.4, -0.2) is 16.4 Å². The molecule has 0 rings (SSSR count). The standard InChI is InChI=1S/C5H10NO4P/c6-4-2-1-3-5-10-11(7,8)9/h1-3,5H2,(H2,7,8,9). The minimum Gasteiger partial charge on any atom is -0.303 e. The molecule has 6 heteroatoms. The fourth-order valence-corrected chi connectivity index (χ4v) is 0.857. The summed E-state index contributed by atoms with van der Waals surface area (Å²) in [5, 5.41) is 8.08. The summed E-state index contributed by atoms with van der Waals surface area (Å²) in [6.07, 6.45) is 1.50. The highest BCUT2D eigenvalue weighted by atomic mass is 31.2. The van der Waals surface area contributed by atoms with Crippen molar-refractivity contribution in [3.8, 4) is 6.07 Å². The first kappa shape index (κ1) is 10.6. The van der Waals surface area contributed by atoms with Crippen LogP contribution in [0.15, 0.2) is 0 Å². The van der Waals surface area contributed by atoms with E-state index >= 15 is 0 Å². The first-order valence-corrected chi connectivity index (χ1v) is 4.66. The molecule has 0 aliphatic heterocycles. The van der Waals surface area contributed by atoms with Crippen molar-refractivity contribution in [1.82, 2.24) is 0 Å². The fourth-order valence-electron chi connectivity index (χ4n) is 0.490. The van der Waals surface area contributed by atoms with Gasteiger partial charge in [-0.15, -0.1) is 0 Å². The topological polar surface area (TPSA) is 90.5 Å². The largest absolute Gasteiger partial charge is 0.469 e. The summed E-state index contributed by atoms with van der Waals surface area (Å²) in [6.45, 7) is 0.00591. The maximum absolute atomic E-state index is 10.1. The van der Waals surface area contributed by atoms with E-state index in [1.54, 1.807) is 0 Å². The molecule has 0 aromatic rings. The number of rotatable bonds is 5. The summed E-state index contributed by atoms with van der Waals surface area (Å²) < 4.78 is 14.2. The number of unbranched alkanes of at least 4 members (excludes halogenated alkanes) is 2. The lowest BCUT2D eigenvalue weighted by Crippen LogP contribution is -1.91. The van der Waals surface area contributed by atoms with Gasteiger partial charge in [0.05, 0.1) is 12.7 Å². The van der Waals surface area contributed by atoms with E-state index in [0.29, 0.717) is 19.3 Å². The lowest BCUT2D eigenvalue weighted by molar-refractivity contribution is 0.194. The molecule has 0 aromatic carbocycles. The van der Waals surface area contributed by atoms with Gasteiger partial charge in [-0.3, -0.25) is 4.52 Å². The number of hydrogen-bond acceptors (Lipinski definition) is 3. The fraction of sp³-hybridized carbons (Fsp3) is 0.800. The van der Waals surface area contributed by atoms with E-state index in [-0.39, 0.29) is 6.61 Å². The van der Waals surface area contributed by atoms with E-state index in [1.165, 1.54) is 0 Å². The van der Waals surface area contributed by atoms with Gasteiger partial charge in [0.15, 0.2) is 0 Å². The lowest BCUT2D eigenvalue weighted by atomic mass is 10.3. The number of phosphoric ester groups is 1. The highest BCUT2D eigenvalue weighted by Crippen LogP contribution is 2.35. The minimum absolute atomic E-state index is 0.00591. The number of phosphoric acid groups is 1. The highest BCUT2D eigenvalue weighted by molar-refractivity contribution is 7.46. The van der Waals surface area contributed by atoms with Crippen molar-refractivity contribution in [1.29, 1.82) is 5.26 Å². The third-order valence-corrected chi connectivity index (χ3v) is 1.46. The Labute approximate surface area is 64.8 Å². The SMILES string of the molecule is N#CCCCCOP(=O)(O)O. The molecule has 0 unspecified atom stereocenters. The molecule has 0 aromatic heterocycles. The average Bonchev–Trinajstić information content (AvgIpc) is 1.85. The normalized spacial score (nSPS) is 11.0. The smallest absolute Gasteiger partial charge is 0.303 e. The van der Waals surface area contributed by atoms with Crippen LogP contribution in [0.3, 0.4) is 0 Å². The average molecular weight is 179 g/mol. The third kappa shape index (κ3) is 9.60. The molecule has 2 N–H and O–H groups in total. The van der Waals surface area contributed by atoms with Gasteiger partial charge in [0.2, 0.25) is 0 Å². The predicted molar refractivity (Wildman–Crippen MR) is 37.5 cm³/mol. The predicted octanol–water partition coefficient (Wildman–Crippen LogP) is 0.790. The molecular weight excluding hydrogens is 169 g/mol. The summed E-state index contributed by atoms with van der Waals surface area (Å²) >= 11 is 0. The van der Waals surface area contributed by atoms with Gasteiger partial charge in [-0.25, -0.2) is 4.57 Å². The molecule has 0 bridgehead atoms. The van der Waals surface area contributed by atoms with Crippen molar-refractivity contribution < 1.29 is 18.9 Å². The molecule has 0 saturated carbocycles. The molecule has 0 amide bonds. The maximum atomic E-state index is 10.1. The van der Waals surface area contributed by atoms with Crippen LogP contribution in [0.1, 0.15) is 19.3 Å². The first-order valence-electron chi connectivity index (χ1n) is 3.13. The van der Waals surface area contributed by atoms with E-state index in [2.05, 4.69) is 4.52 Å². The zero-order chi connectivity index (χ0) is 8.74. The van der Waals surface area contributed by atoms with Crippen molar-refractivity contribution in [3.63, 3.8) is 0 Å². The van der Waals surface area contributed by atoms with E-state index in [1.807, 2.05) is 6.07 Å². The van der Waals surface area contributed by atoms with Gasteiger partial charge < -0.3 is 9.79 Å². The summed E-state index contributed by atoms with van der Waals surface area (Å²) in [7, 11) is -4.30. The summed E-state index contributed by atoms with van der Waals surface area (Å²) in [6, 6.07) is 1.92. The monoisotopic (exact) mass is 179 g/mol. The second-order valence-corrected chi connectivity index (χ2v) is 3.18. The molecule has 64 valence electrons. The molecular formula is C5H10NO4P. The van der Waals surface area contributed by atoms with E-state index < -0.39 is 7.82 Å². The molecule has 5 nitrogen and oxygen atoms in total. The quantitative estimate of drug-likeness (QED) is 0.481. The lowest BCUT2D eigenvalue weighted by Gasteiger charge is -2.02. The molecule has 11 heavy (non-hydrogen) atoms. The molecule has 0 aliphatic rings. The second kappa shape index (κ2) is 5.28. The van der Waals surface area contributed by atoms with Gasteiger partial charge in [-0.2, -0.15) is 5.26 Å². The third-order valence-electron chi connectivity index (χ3n) is 0.942. The van der Waals surface area contributed by atoms with Gasteiger partial charge >= 0.3 is 7.82 Å². The van der Waals surface area contributed by atoms with Crippen LogP contribution in [0.25, 0.3) is 0 Å². The van der Waals surface area contributed by atoms with Crippen LogP contribution in [0.5, 0.6) is 0 Å². The number of hydrogen-bond donors (Lipinski definition) is 2. The van der Waals surface area contributed by atoms with Gasteiger partial charge in [0.25, 0.3) is 0 Å². The Morgan fingerprint density at radius 1 is 1.45 bits per heavy atom. The first-order chi connectivity index (χ1) is 5.06. The van der Waals surface area contributed by atoms with Crippen LogP contribution in [0, 0.1) is 11.3 Å². The van der Waals surface area contributed by atoms with Crippen LogP contribution >= 0.6 is 7.82 Å². The maximum Gasteiger partial charge on any atom is 0.469 e. The Bertz CT molecular complexity index is 181. The Morgan fingerprint density at radius 2 is 2.09 bits per heavy atom. The Morgan fingerprint density at radius 3 is 2.55 bits per heavy atom. The van der Waals surface area contributed by atoms with Crippen LogP contribution in [0.4, 0.5) is 0 Å². The van der Waals surface area contributed by atoms with Crippen molar-refractivity contribution in [3.05, 3.63) is 0 Å². The summed E-state index contributed by atoms with van der Waals surface area (Å²) in [5.41, 5.74) is 0. The zero-order valence-electron chi connectivity index (χ0n) is 5.93. The Kier molecular flexibility index (Phi) is 5.08. The Hall–Kier alpha value is -0.400. The van der Waals surface area contributed by atoms with E-state index in [9.17, 15) is 4.57 Å². The van der Waals surface area contributed by atoms with Gasteiger partial charge in [0.1, 0.15) is 0 Å². The van der Waals surface area contributed by atoms with Crippen LogP contribution in [0.2, 0.25) is 0 Å². The van der Waals surface area contributed by atoms with Crippen molar-refractivity contribution >= 4 is 7.82 Å². The van der Waals surface area contributed by atoms with Gasteiger partial charge in [-0.05, 0) is 12.8 Å². The Balaban J connectivity index is 3.17. The summed E-state index contributed by atoms with van der Waals surface area (Å²) in [5.74, 6) is 0. The molecule has 0 fully saturated rings. The molecule has 0 aliphatic carbocycles. The van der Waals surface area contributed by atoms with Crippen LogP contribution in [-0.2, 0) is 9.09 Å². The van der Waals surface area contributed by atoms with Crippen molar-refractivity contribution in [2.75, 3.05) is 6.61 Å². The van der Waals surface area contributed by atoms with Crippen molar-refractivity contribution in [2.45, 2.75) is 19.3 Å². The highest BCUT2D eigenvalue weighted by Gasteiger charge is 2.11. The molecule has 0 atom stereocenters. The second-order valence-electron chi connectivity index (χ2n) is 1.94. The zero-order valence-corrected chi connectivity index (χ0v) is 6.83. The molecule has 0 saturated heterocycles. The van der Waals surface area contributed by atoms with E-state index in [0.717, 1.165) is 0 Å². The minimum atomic E-state index is -4.30. The van der Waals surface area contributed by atoms with Gasteiger partial charge in [0, 0.05) is 6.42 Å². The van der Waals surface area contributed by atoms with Crippen molar-refractivity contribution in [2.24, 2.45) is 0 Å². The summed E-state index contributed by atoms with van der Waals surface area (Å²) in [4.78, 5) is 16.4. The molecule has 0 radical (unpaired) electrons. The number of nitrogens with zero attached hydrogens (tertiary/aromatic N) is 1. The molecule has 0 spiro atoms. The van der Waals surface area contributed by atoms with Gasteiger partial charge in [-0.1, -0.05) is 0 Å².